The summed E-state index contributed by atoms with van der Waals surface area (Å²) in [7, 11) is 1.86. The topological polar surface area (TPSA) is 70.7 Å². The number of aromatic nitrogens is 2. The van der Waals surface area contributed by atoms with Gasteiger partial charge in [-0.2, -0.15) is 10.4 Å². The Hall–Kier alpha value is -1.83. The van der Waals surface area contributed by atoms with Gasteiger partial charge < -0.3 is 5.32 Å². The predicted molar refractivity (Wildman–Crippen MR) is 68.5 cm³/mol. The maximum Gasteiger partial charge on any atom is 0.240 e. The van der Waals surface area contributed by atoms with Crippen LogP contribution in [0.15, 0.2) is 12.3 Å². The molecule has 18 heavy (non-hydrogen) atoms. The zero-order valence-corrected chi connectivity index (χ0v) is 11.2. The molecule has 0 aliphatic heterocycles. The van der Waals surface area contributed by atoms with Crippen LogP contribution in [0.25, 0.3) is 0 Å². The van der Waals surface area contributed by atoms with Crippen molar-refractivity contribution in [1.82, 2.24) is 15.1 Å². The second-order valence-corrected chi connectivity index (χ2v) is 4.39. The van der Waals surface area contributed by atoms with Crippen LogP contribution in [0.3, 0.4) is 0 Å². The van der Waals surface area contributed by atoms with E-state index in [9.17, 15) is 4.79 Å². The maximum atomic E-state index is 12.0. The molecule has 1 aromatic heterocycles. The Labute approximate surface area is 108 Å². The van der Waals surface area contributed by atoms with Gasteiger partial charge in [-0.1, -0.05) is 13.8 Å². The molecule has 1 rings (SSSR count). The third kappa shape index (κ3) is 3.10. The first kappa shape index (κ1) is 14.2. The Morgan fingerprint density at radius 1 is 1.56 bits per heavy atom. The lowest BCUT2D eigenvalue weighted by molar-refractivity contribution is -0.128. The number of carbonyl (C=O) groups is 1. The van der Waals surface area contributed by atoms with E-state index in [1.54, 1.807) is 4.68 Å². The van der Waals surface area contributed by atoms with E-state index >= 15 is 0 Å². The highest BCUT2D eigenvalue weighted by Crippen LogP contribution is 2.25. The van der Waals surface area contributed by atoms with E-state index in [1.165, 1.54) is 0 Å². The normalized spacial score (nSPS) is 11.0. The lowest BCUT2D eigenvalue weighted by Gasteiger charge is -2.21. The number of rotatable bonds is 6. The smallest absolute Gasteiger partial charge is 0.240 e. The Kier molecular flexibility index (Phi) is 4.90. The third-order valence-electron chi connectivity index (χ3n) is 3.29. The average molecular weight is 248 g/mol. The largest absolute Gasteiger partial charge is 0.354 e. The van der Waals surface area contributed by atoms with E-state index < -0.39 is 5.41 Å². The van der Waals surface area contributed by atoms with Crippen LogP contribution in [0, 0.1) is 16.7 Å². The summed E-state index contributed by atoms with van der Waals surface area (Å²) >= 11 is 0. The SMILES string of the molecule is CCC(C#N)(CC)C(=O)NCCc1ccn(C)n1. The van der Waals surface area contributed by atoms with E-state index in [2.05, 4.69) is 16.5 Å². The number of nitrogens with zero attached hydrogens (tertiary/aromatic N) is 3. The van der Waals surface area contributed by atoms with Crippen LogP contribution in [0.4, 0.5) is 0 Å². The van der Waals surface area contributed by atoms with Crippen molar-refractivity contribution in [3.05, 3.63) is 18.0 Å². The number of hydrogen-bond acceptors (Lipinski definition) is 3. The lowest BCUT2D eigenvalue weighted by Crippen LogP contribution is -2.40. The molecule has 1 N–H and O–H groups in total. The minimum atomic E-state index is -0.885. The van der Waals surface area contributed by atoms with Gasteiger partial charge >= 0.3 is 0 Å². The molecule has 0 aromatic carbocycles. The number of nitriles is 1. The Balaban J connectivity index is 2.48. The highest BCUT2D eigenvalue weighted by atomic mass is 16.2. The molecule has 0 aliphatic rings. The van der Waals surface area contributed by atoms with Crippen LogP contribution in [-0.4, -0.2) is 22.2 Å². The number of amides is 1. The Bertz CT molecular complexity index is 440. The third-order valence-corrected chi connectivity index (χ3v) is 3.29. The fourth-order valence-corrected chi connectivity index (χ4v) is 1.85. The molecule has 0 fully saturated rings. The fourth-order valence-electron chi connectivity index (χ4n) is 1.85. The van der Waals surface area contributed by atoms with Gasteiger partial charge in [0, 0.05) is 26.2 Å². The van der Waals surface area contributed by atoms with Gasteiger partial charge in [0.2, 0.25) is 5.91 Å². The lowest BCUT2D eigenvalue weighted by atomic mass is 9.83. The molecule has 5 nitrogen and oxygen atoms in total. The first-order valence-electron chi connectivity index (χ1n) is 6.26. The molecule has 0 bridgehead atoms. The van der Waals surface area contributed by atoms with E-state index in [0.717, 1.165) is 5.69 Å². The molecule has 0 saturated heterocycles. The van der Waals surface area contributed by atoms with Crippen molar-refractivity contribution in [3.63, 3.8) is 0 Å². The zero-order chi connectivity index (χ0) is 13.6. The number of nitrogens with one attached hydrogen (secondary N) is 1. The average Bonchev–Trinajstić information content (AvgIpc) is 2.78. The van der Waals surface area contributed by atoms with E-state index in [4.69, 9.17) is 5.26 Å². The molecule has 0 unspecified atom stereocenters. The van der Waals surface area contributed by atoms with Gasteiger partial charge in [0.05, 0.1) is 11.8 Å². The predicted octanol–water partition coefficient (Wildman–Crippen LogP) is 1.41. The van der Waals surface area contributed by atoms with Crippen molar-refractivity contribution in [2.75, 3.05) is 6.54 Å². The Morgan fingerprint density at radius 2 is 2.22 bits per heavy atom. The molecule has 0 atom stereocenters. The summed E-state index contributed by atoms with van der Waals surface area (Å²) in [5.74, 6) is -0.175. The van der Waals surface area contributed by atoms with Crippen molar-refractivity contribution < 1.29 is 4.79 Å². The van der Waals surface area contributed by atoms with Gasteiger partial charge in [-0.15, -0.1) is 0 Å². The summed E-state index contributed by atoms with van der Waals surface area (Å²) in [5, 5.41) is 16.2. The van der Waals surface area contributed by atoms with Crippen LogP contribution in [0.2, 0.25) is 0 Å². The molecule has 1 heterocycles. The van der Waals surface area contributed by atoms with Crippen molar-refractivity contribution in [2.24, 2.45) is 12.5 Å². The van der Waals surface area contributed by atoms with Gasteiger partial charge in [-0.3, -0.25) is 9.48 Å². The van der Waals surface area contributed by atoms with Gasteiger partial charge in [0.15, 0.2) is 0 Å². The van der Waals surface area contributed by atoms with Crippen LogP contribution in [0.1, 0.15) is 32.4 Å². The van der Waals surface area contributed by atoms with Crippen molar-refractivity contribution in [2.45, 2.75) is 33.1 Å². The molecule has 1 aromatic rings. The fraction of sp³-hybridized carbons (Fsp3) is 0.615. The van der Waals surface area contributed by atoms with Crippen molar-refractivity contribution in [3.8, 4) is 6.07 Å². The molecule has 0 spiro atoms. The first-order chi connectivity index (χ1) is 8.57. The summed E-state index contributed by atoms with van der Waals surface area (Å²) in [6.45, 7) is 4.25. The molecule has 1 amide bonds. The standard InChI is InChI=1S/C13H20N4O/c1-4-13(5-2,10-14)12(18)15-8-6-11-7-9-17(3)16-11/h7,9H,4-6,8H2,1-3H3,(H,15,18). The highest BCUT2D eigenvalue weighted by molar-refractivity contribution is 5.85. The first-order valence-corrected chi connectivity index (χ1v) is 6.26. The second kappa shape index (κ2) is 6.20. The van der Waals surface area contributed by atoms with Crippen LogP contribution in [0.5, 0.6) is 0 Å². The summed E-state index contributed by atoms with van der Waals surface area (Å²) in [4.78, 5) is 12.0. The summed E-state index contributed by atoms with van der Waals surface area (Å²) in [6.07, 6.45) is 3.63. The number of hydrogen-bond donors (Lipinski definition) is 1. The number of aryl methyl sites for hydroxylation is 1. The van der Waals surface area contributed by atoms with Gasteiger partial charge in [0.1, 0.15) is 5.41 Å². The molecule has 98 valence electrons. The van der Waals surface area contributed by atoms with E-state index in [1.807, 2.05) is 33.2 Å². The zero-order valence-electron chi connectivity index (χ0n) is 11.2. The molecular formula is C13H20N4O. The van der Waals surface area contributed by atoms with Crippen LogP contribution in [-0.2, 0) is 18.3 Å². The van der Waals surface area contributed by atoms with Crippen LogP contribution < -0.4 is 5.32 Å². The molecule has 5 heteroatoms. The quantitative estimate of drug-likeness (QED) is 0.827. The van der Waals surface area contributed by atoms with Gasteiger partial charge in [0.25, 0.3) is 0 Å². The number of carbonyl (C=O) groups excluding carboxylic acids is 1. The van der Waals surface area contributed by atoms with E-state index in [-0.39, 0.29) is 5.91 Å². The molecule has 0 saturated carbocycles. The van der Waals surface area contributed by atoms with E-state index in [0.29, 0.717) is 25.8 Å². The second-order valence-electron chi connectivity index (χ2n) is 4.39. The maximum absolute atomic E-state index is 12.0. The Morgan fingerprint density at radius 3 is 2.67 bits per heavy atom. The van der Waals surface area contributed by atoms with Crippen molar-refractivity contribution in [1.29, 1.82) is 5.26 Å². The minimum absolute atomic E-state index is 0.175. The van der Waals surface area contributed by atoms with Gasteiger partial charge in [-0.25, -0.2) is 0 Å². The minimum Gasteiger partial charge on any atom is -0.354 e. The monoisotopic (exact) mass is 248 g/mol. The van der Waals surface area contributed by atoms with Crippen LogP contribution >= 0.6 is 0 Å². The summed E-state index contributed by atoms with van der Waals surface area (Å²) < 4.78 is 1.73. The van der Waals surface area contributed by atoms with Crippen molar-refractivity contribution >= 4 is 5.91 Å². The summed E-state index contributed by atoms with van der Waals surface area (Å²) in [6, 6.07) is 4.06. The molecule has 0 radical (unpaired) electrons. The molecule has 0 aliphatic carbocycles. The highest BCUT2D eigenvalue weighted by Gasteiger charge is 2.34. The molecular weight excluding hydrogens is 228 g/mol. The van der Waals surface area contributed by atoms with Gasteiger partial charge in [-0.05, 0) is 18.9 Å². The summed E-state index contributed by atoms with van der Waals surface area (Å²) in [5.41, 5.74) is 0.0535.